The average molecular weight is 384 g/mol. The zero-order chi connectivity index (χ0) is 19.3. The predicted octanol–water partition coefficient (Wildman–Crippen LogP) is 2.63. The molecule has 0 unspecified atom stereocenters. The van der Waals surface area contributed by atoms with Crippen LogP contribution in [-0.4, -0.2) is 24.1 Å². The number of aryl methyl sites for hydroxylation is 1. The third-order valence-corrected chi connectivity index (χ3v) is 5.33. The molecule has 0 saturated carbocycles. The van der Waals surface area contributed by atoms with E-state index in [9.17, 15) is 13.2 Å². The van der Waals surface area contributed by atoms with E-state index in [0.29, 0.717) is 12.2 Å². The maximum absolute atomic E-state index is 12.5. The minimum Gasteiger partial charge on any atom is -0.319 e. The molecule has 0 atom stereocenters. The highest BCUT2D eigenvalue weighted by atomic mass is 32.2. The number of sulfonamides is 1. The van der Waals surface area contributed by atoms with Gasteiger partial charge < -0.3 is 5.32 Å². The number of amides is 1. The molecule has 3 rings (SSSR count). The standard InChI is InChI=1S/C19H20N4O3S/c1-2-23-14-17(13-20-23)22-19(24)16-9-6-10-18(11-16)27(25,26)21-12-15-7-4-3-5-8-15/h3-11,13-14,21H,2,12H2,1H3,(H,22,24). The summed E-state index contributed by atoms with van der Waals surface area (Å²) < 4.78 is 29.3. The van der Waals surface area contributed by atoms with Gasteiger partial charge in [-0.2, -0.15) is 5.10 Å². The van der Waals surface area contributed by atoms with E-state index in [1.807, 2.05) is 37.3 Å². The Bertz CT molecular complexity index is 1030. The van der Waals surface area contributed by atoms with Crippen molar-refractivity contribution in [3.8, 4) is 0 Å². The predicted molar refractivity (Wildman–Crippen MR) is 103 cm³/mol. The average Bonchev–Trinajstić information content (AvgIpc) is 3.15. The van der Waals surface area contributed by atoms with Crippen molar-refractivity contribution in [1.29, 1.82) is 0 Å². The Hall–Kier alpha value is -2.97. The van der Waals surface area contributed by atoms with Crippen LogP contribution in [0.3, 0.4) is 0 Å². The number of anilines is 1. The summed E-state index contributed by atoms with van der Waals surface area (Å²) in [6, 6.07) is 15.1. The number of nitrogens with one attached hydrogen (secondary N) is 2. The first-order valence-electron chi connectivity index (χ1n) is 8.45. The van der Waals surface area contributed by atoms with Crippen LogP contribution in [0.5, 0.6) is 0 Å². The Kier molecular flexibility index (Phi) is 5.68. The van der Waals surface area contributed by atoms with E-state index in [-0.39, 0.29) is 17.0 Å². The molecule has 0 saturated heterocycles. The molecule has 27 heavy (non-hydrogen) atoms. The van der Waals surface area contributed by atoms with Gasteiger partial charge >= 0.3 is 0 Å². The Morgan fingerprint density at radius 2 is 1.89 bits per heavy atom. The highest BCUT2D eigenvalue weighted by molar-refractivity contribution is 7.89. The summed E-state index contributed by atoms with van der Waals surface area (Å²) in [6.45, 7) is 2.81. The van der Waals surface area contributed by atoms with Crippen LogP contribution < -0.4 is 10.0 Å². The second-order valence-corrected chi connectivity index (χ2v) is 7.64. The first kappa shape index (κ1) is 18.8. The maximum atomic E-state index is 12.5. The Balaban J connectivity index is 1.72. The Morgan fingerprint density at radius 3 is 2.59 bits per heavy atom. The third kappa shape index (κ3) is 4.81. The molecule has 2 aromatic carbocycles. The molecule has 0 spiro atoms. The number of hydrogen-bond donors (Lipinski definition) is 2. The minimum atomic E-state index is -3.73. The van der Waals surface area contributed by atoms with Crippen LogP contribution in [0.15, 0.2) is 71.9 Å². The van der Waals surface area contributed by atoms with Gasteiger partial charge in [0.15, 0.2) is 0 Å². The van der Waals surface area contributed by atoms with Crippen molar-refractivity contribution in [2.45, 2.75) is 24.9 Å². The molecule has 1 heterocycles. The number of carbonyl (C=O) groups is 1. The van der Waals surface area contributed by atoms with Gasteiger partial charge in [-0.25, -0.2) is 13.1 Å². The summed E-state index contributed by atoms with van der Waals surface area (Å²) in [5.74, 6) is -0.397. The van der Waals surface area contributed by atoms with E-state index in [2.05, 4.69) is 15.1 Å². The molecule has 1 aromatic heterocycles. The summed E-state index contributed by atoms with van der Waals surface area (Å²) in [5, 5.41) is 6.80. The first-order chi connectivity index (χ1) is 13.0. The normalized spacial score (nSPS) is 11.3. The van der Waals surface area contributed by atoms with Crippen molar-refractivity contribution in [3.05, 3.63) is 78.1 Å². The first-order valence-corrected chi connectivity index (χ1v) is 9.94. The van der Waals surface area contributed by atoms with Gasteiger partial charge in [0.25, 0.3) is 5.91 Å². The second kappa shape index (κ2) is 8.15. The number of benzene rings is 2. The number of hydrogen-bond acceptors (Lipinski definition) is 4. The lowest BCUT2D eigenvalue weighted by Crippen LogP contribution is -2.23. The molecule has 0 aliphatic carbocycles. The summed E-state index contributed by atoms with van der Waals surface area (Å²) in [7, 11) is -3.73. The minimum absolute atomic E-state index is 0.0373. The molecule has 7 nitrogen and oxygen atoms in total. The summed E-state index contributed by atoms with van der Waals surface area (Å²) in [4.78, 5) is 12.4. The molecule has 0 fully saturated rings. The van der Waals surface area contributed by atoms with Gasteiger partial charge in [0.2, 0.25) is 10.0 Å². The van der Waals surface area contributed by atoms with E-state index in [1.165, 1.54) is 12.1 Å². The number of nitrogens with zero attached hydrogens (tertiary/aromatic N) is 2. The molecule has 0 bridgehead atoms. The van der Waals surface area contributed by atoms with Gasteiger partial charge in [-0.15, -0.1) is 0 Å². The van der Waals surface area contributed by atoms with E-state index in [4.69, 9.17) is 0 Å². The Labute approximate surface area is 158 Å². The van der Waals surface area contributed by atoms with Crippen LogP contribution in [-0.2, 0) is 23.1 Å². The van der Waals surface area contributed by atoms with Crippen LogP contribution >= 0.6 is 0 Å². The van der Waals surface area contributed by atoms with E-state index < -0.39 is 15.9 Å². The lowest BCUT2D eigenvalue weighted by Gasteiger charge is -2.09. The van der Waals surface area contributed by atoms with Crippen molar-refractivity contribution >= 4 is 21.6 Å². The topological polar surface area (TPSA) is 93.1 Å². The molecule has 0 aliphatic rings. The lowest BCUT2D eigenvalue weighted by molar-refractivity contribution is 0.102. The van der Waals surface area contributed by atoms with E-state index in [0.717, 1.165) is 5.56 Å². The molecule has 3 aromatic rings. The molecule has 0 radical (unpaired) electrons. The molecule has 0 aliphatic heterocycles. The van der Waals surface area contributed by atoms with Gasteiger partial charge in [-0.05, 0) is 30.7 Å². The molecule has 140 valence electrons. The second-order valence-electron chi connectivity index (χ2n) is 5.88. The summed E-state index contributed by atoms with van der Waals surface area (Å²) in [6.07, 6.45) is 3.25. The maximum Gasteiger partial charge on any atom is 0.255 e. The molecule has 2 N–H and O–H groups in total. The van der Waals surface area contributed by atoms with Crippen LogP contribution in [0.2, 0.25) is 0 Å². The SMILES string of the molecule is CCn1cc(NC(=O)c2cccc(S(=O)(=O)NCc3ccccc3)c2)cn1. The van der Waals surface area contributed by atoms with E-state index in [1.54, 1.807) is 29.2 Å². The molecule has 1 amide bonds. The summed E-state index contributed by atoms with van der Waals surface area (Å²) in [5.41, 5.74) is 1.65. The monoisotopic (exact) mass is 384 g/mol. The molecular formula is C19H20N4O3S. The fourth-order valence-electron chi connectivity index (χ4n) is 2.47. The van der Waals surface area contributed by atoms with Gasteiger partial charge in [0.1, 0.15) is 0 Å². The van der Waals surface area contributed by atoms with Crippen LogP contribution in [0, 0.1) is 0 Å². The smallest absolute Gasteiger partial charge is 0.255 e. The van der Waals surface area contributed by atoms with Crippen molar-refractivity contribution in [2.75, 3.05) is 5.32 Å². The third-order valence-electron chi connectivity index (χ3n) is 3.93. The van der Waals surface area contributed by atoms with Crippen molar-refractivity contribution in [1.82, 2.24) is 14.5 Å². The molecular weight excluding hydrogens is 364 g/mol. The van der Waals surface area contributed by atoms with E-state index >= 15 is 0 Å². The van der Waals surface area contributed by atoms with Gasteiger partial charge in [0, 0.05) is 24.8 Å². The highest BCUT2D eigenvalue weighted by Gasteiger charge is 2.16. The fraction of sp³-hybridized carbons (Fsp3) is 0.158. The van der Waals surface area contributed by atoms with Crippen molar-refractivity contribution < 1.29 is 13.2 Å². The van der Waals surface area contributed by atoms with Gasteiger partial charge in [-0.1, -0.05) is 36.4 Å². The van der Waals surface area contributed by atoms with Gasteiger partial charge in [0.05, 0.1) is 16.8 Å². The van der Waals surface area contributed by atoms with Crippen molar-refractivity contribution in [3.63, 3.8) is 0 Å². The zero-order valence-corrected chi connectivity index (χ0v) is 15.6. The lowest BCUT2D eigenvalue weighted by atomic mass is 10.2. The summed E-state index contributed by atoms with van der Waals surface area (Å²) >= 11 is 0. The number of carbonyl (C=O) groups excluding carboxylic acids is 1. The highest BCUT2D eigenvalue weighted by Crippen LogP contribution is 2.14. The largest absolute Gasteiger partial charge is 0.319 e. The number of aromatic nitrogens is 2. The zero-order valence-electron chi connectivity index (χ0n) is 14.8. The van der Waals surface area contributed by atoms with Crippen molar-refractivity contribution in [2.24, 2.45) is 0 Å². The van der Waals surface area contributed by atoms with Gasteiger partial charge in [-0.3, -0.25) is 9.48 Å². The number of rotatable bonds is 7. The quantitative estimate of drug-likeness (QED) is 0.655. The fourth-order valence-corrected chi connectivity index (χ4v) is 3.53. The Morgan fingerprint density at radius 1 is 1.11 bits per heavy atom. The van der Waals surface area contributed by atoms with Crippen LogP contribution in [0.4, 0.5) is 5.69 Å². The van der Waals surface area contributed by atoms with Crippen LogP contribution in [0.1, 0.15) is 22.8 Å². The molecule has 8 heteroatoms. The van der Waals surface area contributed by atoms with Crippen LogP contribution in [0.25, 0.3) is 0 Å².